The van der Waals surface area contributed by atoms with Gasteiger partial charge in [-0.1, -0.05) is 12.2 Å². The SMILES string of the molecule is CCn1nc(C)cc1C(=O)Nc1nc2cc(C(N)=O)cc(OC)c2n1C/C=C/Cn1c(NC(=O)c2ccnn2CC)nc2cc(C(N)=O)cc(OCCCNC)c21. The molecule has 0 spiro atoms. The van der Waals surface area contributed by atoms with E-state index in [1.807, 2.05) is 33.0 Å². The summed E-state index contributed by atoms with van der Waals surface area (Å²) in [6.45, 7) is 7.90. The van der Waals surface area contributed by atoms with Crippen molar-refractivity contribution in [1.82, 2.24) is 44.0 Å². The number of allylic oxidation sites excluding steroid dienone is 2. The molecule has 57 heavy (non-hydrogen) atoms. The second-order valence-electron chi connectivity index (χ2n) is 12.9. The van der Waals surface area contributed by atoms with Crippen LogP contribution in [0.4, 0.5) is 11.9 Å². The van der Waals surface area contributed by atoms with Crippen LogP contribution in [0.1, 0.15) is 67.7 Å². The van der Waals surface area contributed by atoms with Crippen LogP contribution in [0.2, 0.25) is 0 Å². The van der Waals surface area contributed by atoms with Gasteiger partial charge >= 0.3 is 0 Å². The molecule has 6 rings (SSSR count). The molecule has 0 saturated heterocycles. The quantitative estimate of drug-likeness (QED) is 0.0627. The molecule has 0 aliphatic carbocycles. The second kappa shape index (κ2) is 17.2. The van der Waals surface area contributed by atoms with Crippen LogP contribution in [0, 0.1) is 6.92 Å². The number of benzene rings is 2. The number of nitrogens with zero attached hydrogens (tertiary/aromatic N) is 8. The lowest BCUT2D eigenvalue weighted by atomic mass is 10.1. The lowest BCUT2D eigenvalue weighted by Gasteiger charge is -2.13. The zero-order valence-electron chi connectivity index (χ0n) is 32.3. The van der Waals surface area contributed by atoms with Gasteiger partial charge in [-0.3, -0.25) is 39.2 Å². The molecule has 7 N–H and O–H groups in total. The lowest BCUT2D eigenvalue weighted by molar-refractivity contribution is 0.0991. The average molecular weight is 780 g/mol. The molecule has 6 aromatic rings. The molecule has 0 atom stereocenters. The number of primary amides is 2. The van der Waals surface area contributed by atoms with Crippen LogP contribution in [-0.4, -0.2) is 89.6 Å². The van der Waals surface area contributed by atoms with E-state index in [1.165, 1.54) is 19.2 Å². The molecule has 298 valence electrons. The Labute approximate surface area is 327 Å². The van der Waals surface area contributed by atoms with Crippen LogP contribution in [0.5, 0.6) is 11.5 Å². The molecular formula is C38H45N13O6. The number of aryl methyl sites for hydroxylation is 3. The molecule has 2 aromatic carbocycles. The van der Waals surface area contributed by atoms with Crippen molar-refractivity contribution in [3.05, 3.63) is 83.0 Å². The maximum absolute atomic E-state index is 13.6. The van der Waals surface area contributed by atoms with Gasteiger partial charge in [-0.15, -0.1) is 0 Å². The number of amides is 4. The van der Waals surface area contributed by atoms with Crippen LogP contribution in [0.25, 0.3) is 22.1 Å². The van der Waals surface area contributed by atoms with Crippen LogP contribution >= 0.6 is 0 Å². The summed E-state index contributed by atoms with van der Waals surface area (Å²) < 4.78 is 18.5. The highest BCUT2D eigenvalue weighted by Gasteiger charge is 2.23. The maximum Gasteiger partial charge on any atom is 0.276 e. The van der Waals surface area contributed by atoms with E-state index in [0.717, 1.165) is 0 Å². The third-order valence-corrected chi connectivity index (χ3v) is 9.11. The molecule has 19 heteroatoms. The minimum atomic E-state index is -0.666. The van der Waals surface area contributed by atoms with Gasteiger partial charge < -0.3 is 35.4 Å². The van der Waals surface area contributed by atoms with E-state index in [9.17, 15) is 19.2 Å². The van der Waals surface area contributed by atoms with Crippen molar-refractivity contribution in [3.8, 4) is 11.5 Å². The van der Waals surface area contributed by atoms with Gasteiger partial charge in [0.05, 0.1) is 30.4 Å². The Kier molecular flexibility index (Phi) is 12.0. The Morgan fingerprint density at radius 1 is 0.789 bits per heavy atom. The van der Waals surface area contributed by atoms with E-state index >= 15 is 0 Å². The first-order valence-electron chi connectivity index (χ1n) is 18.3. The normalized spacial score (nSPS) is 11.5. The molecule has 0 unspecified atom stereocenters. The molecule has 0 aliphatic rings. The van der Waals surface area contributed by atoms with E-state index in [4.69, 9.17) is 25.9 Å². The van der Waals surface area contributed by atoms with Gasteiger partial charge in [-0.2, -0.15) is 10.2 Å². The number of carbonyl (C=O) groups is 4. The first-order valence-corrected chi connectivity index (χ1v) is 18.3. The summed E-state index contributed by atoms with van der Waals surface area (Å²) in [6, 6.07) is 9.46. The predicted molar refractivity (Wildman–Crippen MR) is 213 cm³/mol. The first-order chi connectivity index (χ1) is 27.5. The second-order valence-corrected chi connectivity index (χ2v) is 12.9. The van der Waals surface area contributed by atoms with Crippen molar-refractivity contribution in [2.45, 2.75) is 53.4 Å². The summed E-state index contributed by atoms with van der Waals surface area (Å²) in [6.07, 6.45) is 5.91. The number of rotatable bonds is 18. The maximum atomic E-state index is 13.6. The standard InChI is InChI=1S/C38H45N13O6/c1-6-50-27(11-13-42-50)35(54)45-37-44-26-19-24(34(40)53)21-30(57-16-10-12-41-4)32(26)49(37)15-9-8-14-48-31-25(18-23(33(39)52)20-29(31)56-5)43-38(48)46-36(55)28-17-22(3)47-51(28)7-2/h8-9,11,13,17-21,41H,6-7,10,12,14-16H2,1-5H3,(H2,39,52)(H2,40,53)(H,43,46,55)(H,44,45,54)/b9-8+. The molecule has 0 aliphatic heterocycles. The minimum absolute atomic E-state index is 0.174. The molecule has 4 heterocycles. The van der Waals surface area contributed by atoms with E-state index in [1.54, 1.807) is 55.9 Å². The van der Waals surface area contributed by atoms with E-state index in [-0.39, 0.29) is 36.1 Å². The Bertz CT molecular complexity index is 2510. The number of fused-ring (bicyclic) bond motifs is 2. The van der Waals surface area contributed by atoms with Gasteiger partial charge in [0.2, 0.25) is 23.7 Å². The number of ether oxygens (including phenoxy) is 2. The Morgan fingerprint density at radius 3 is 1.89 bits per heavy atom. The summed E-state index contributed by atoms with van der Waals surface area (Å²) in [7, 11) is 3.30. The van der Waals surface area contributed by atoms with Gasteiger partial charge in [-0.25, -0.2) is 9.97 Å². The lowest BCUT2D eigenvalue weighted by Crippen LogP contribution is -2.20. The van der Waals surface area contributed by atoms with Gasteiger partial charge in [-0.05, 0) is 77.2 Å². The molecule has 0 bridgehead atoms. The van der Waals surface area contributed by atoms with Gasteiger partial charge in [0, 0.05) is 43.5 Å². The summed E-state index contributed by atoms with van der Waals surface area (Å²) in [5, 5.41) is 17.5. The first kappa shape index (κ1) is 39.7. The fourth-order valence-electron chi connectivity index (χ4n) is 6.43. The number of nitrogens with one attached hydrogen (secondary N) is 3. The minimum Gasteiger partial charge on any atom is -0.494 e. The largest absolute Gasteiger partial charge is 0.494 e. The third kappa shape index (κ3) is 8.32. The highest BCUT2D eigenvalue weighted by Crippen LogP contribution is 2.33. The number of carbonyl (C=O) groups excluding carboxylic acids is 4. The monoisotopic (exact) mass is 779 g/mol. The highest BCUT2D eigenvalue weighted by molar-refractivity contribution is 6.05. The Balaban J connectivity index is 1.40. The number of nitrogens with two attached hydrogens (primary N) is 2. The molecule has 4 aromatic heterocycles. The number of hydrogen-bond donors (Lipinski definition) is 5. The van der Waals surface area contributed by atoms with E-state index in [0.29, 0.717) is 83.3 Å². The van der Waals surface area contributed by atoms with Crippen molar-refractivity contribution < 1.29 is 28.7 Å². The molecule has 19 nitrogen and oxygen atoms in total. The third-order valence-electron chi connectivity index (χ3n) is 9.11. The zero-order chi connectivity index (χ0) is 40.8. The van der Waals surface area contributed by atoms with Crippen molar-refractivity contribution in [3.63, 3.8) is 0 Å². The van der Waals surface area contributed by atoms with Crippen LogP contribution in [0.15, 0.2) is 54.7 Å². The van der Waals surface area contributed by atoms with Crippen LogP contribution < -0.4 is 36.9 Å². The van der Waals surface area contributed by atoms with E-state index in [2.05, 4.69) is 31.1 Å². The molecule has 4 amide bonds. The molecular weight excluding hydrogens is 735 g/mol. The predicted octanol–water partition coefficient (Wildman–Crippen LogP) is 3.08. The van der Waals surface area contributed by atoms with Gasteiger partial charge in [0.1, 0.15) is 33.9 Å². The highest BCUT2D eigenvalue weighted by atomic mass is 16.5. The van der Waals surface area contributed by atoms with Crippen molar-refractivity contribution in [1.29, 1.82) is 0 Å². The van der Waals surface area contributed by atoms with Crippen LogP contribution in [0.3, 0.4) is 0 Å². The summed E-state index contributed by atoms with van der Waals surface area (Å²) in [4.78, 5) is 61.1. The van der Waals surface area contributed by atoms with Crippen molar-refractivity contribution >= 4 is 57.6 Å². The summed E-state index contributed by atoms with van der Waals surface area (Å²) in [5.74, 6) is -1.14. The summed E-state index contributed by atoms with van der Waals surface area (Å²) in [5.41, 5.74) is 14.8. The van der Waals surface area contributed by atoms with Gasteiger partial charge in [0.15, 0.2) is 0 Å². The Morgan fingerprint density at radius 2 is 1.35 bits per heavy atom. The topological polar surface area (TPSA) is 246 Å². The molecule has 0 saturated carbocycles. The number of anilines is 2. The fourth-order valence-corrected chi connectivity index (χ4v) is 6.43. The smallest absolute Gasteiger partial charge is 0.276 e. The van der Waals surface area contributed by atoms with Crippen molar-refractivity contribution in [2.75, 3.05) is 37.9 Å². The molecule has 0 fully saturated rings. The van der Waals surface area contributed by atoms with E-state index < -0.39 is 23.6 Å². The zero-order valence-corrected chi connectivity index (χ0v) is 32.3. The number of hydrogen-bond acceptors (Lipinski definition) is 11. The van der Waals surface area contributed by atoms with Gasteiger partial charge in [0.25, 0.3) is 11.8 Å². The average Bonchev–Trinajstić information content (AvgIpc) is 3.98. The number of imidazole rings is 2. The van der Waals surface area contributed by atoms with Crippen molar-refractivity contribution in [2.24, 2.45) is 11.5 Å². The number of aromatic nitrogens is 8. The fraction of sp³-hybridized carbons (Fsp3) is 0.316. The molecule has 0 radical (unpaired) electrons. The van der Waals surface area contributed by atoms with Crippen LogP contribution in [-0.2, 0) is 26.2 Å². The summed E-state index contributed by atoms with van der Waals surface area (Å²) >= 11 is 0. The Hall–Kier alpha value is -7.02. The number of methoxy groups -OCH3 is 1.